The van der Waals surface area contributed by atoms with Crippen molar-refractivity contribution in [3.63, 3.8) is 0 Å². The maximum atomic E-state index is 12.9. The number of aromatic nitrogens is 1. The lowest BCUT2D eigenvalue weighted by molar-refractivity contribution is 0.574. The van der Waals surface area contributed by atoms with Crippen molar-refractivity contribution in [1.82, 2.24) is 4.98 Å². The smallest absolute Gasteiger partial charge is 0.126 e. The highest BCUT2D eigenvalue weighted by molar-refractivity contribution is 5.17. The van der Waals surface area contributed by atoms with E-state index in [-0.39, 0.29) is 28.1 Å². The zero-order chi connectivity index (χ0) is 23.1. The second kappa shape index (κ2) is 21.1. The van der Waals surface area contributed by atoms with E-state index in [4.69, 9.17) is 0 Å². The molecule has 192 valence electrons. The SMILES string of the molecule is C.C.C.CC(C)Cc1ccccc1.CC(C)Cc1ccccc1F.CC(C)Cc1ccccn1. The Bertz CT molecular complexity index is 765. The third kappa shape index (κ3) is 18.0. The number of pyridine rings is 1. The highest BCUT2D eigenvalue weighted by atomic mass is 19.1. The molecule has 0 unspecified atom stereocenters. The van der Waals surface area contributed by atoms with Crippen LogP contribution in [-0.2, 0) is 19.3 Å². The van der Waals surface area contributed by atoms with Crippen LogP contribution >= 0.6 is 0 Å². The molecule has 2 aromatic carbocycles. The number of rotatable bonds is 6. The van der Waals surface area contributed by atoms with Gasteiger partial charge < -0.3 is 0 Å². The van der Waals surface area contributed by atoms with Crippen molar-refractivity contribution in [3.8, 4) is 0 Å². The lowest BCUT2D eigenvalue weighted by Crippen LogP contribution is -1.96. The van der Waals surface area contributed by atoms with Gasteiger partial charge in [0.1, 0.15) is 5.82 Å². The van der Waals surface area contributed by atoms with Gasteiger partial charge in [0.15, 0.2) is 0 Å². The second-order valence-electron chi connectivity index (χ2n) is 9.19. The van der Waals surface area contributed by atoms with E-state index in [1.54, 1.807) is 6.07 Å². The molecule has 0 saturated carbocycles. The summed E-state index contributed by atoms with van der Waals surface area (Å²) in [6.07, 6.45) is 4.95. The minimum Gasteiger partial charge on any atom is -0.261 e. The Morgan fingerprint density at radius 2 is 1.09 bits per heavy atom. The van der Waals surface area contributed by atoms with E-state index < -0.39 is 0 Å². The molecule has 0 N–H and O–H groups in total. The van der Waals surface area contributed by atoms with Crippen LogP contribution in [0.3, 0.4) is 0 Å². The average molecular weight is 470 g/mol. The molecule has 0 saturated heterocycles. The quantitative estimate of drug-likeness (QED) is 0.350. The molecule has 0 aliphatic heterocycles. The number of hydrogen-bond acceptors (Lipinski definition) is 1. The summed E-state index contributed by atoms with van der Waals surface area (Å²) in [5.74, 6) is 1.91. The fraction of sp³-hybridized carbons (Fsp3) is 0.469. The first kappa shape index (κ1) is 36.1. The van der Waals surface area contributed by atoms with Crippen molar-refractivity contribution in [2.75, 3.05) is 0 Å². The van der Waals surface area contributed by atoms with Crippen molar-refractivity contribution < 1.29 is 4.39 Å². The lowest BCUT2D eigenvalue weighted by Gasteiger charge is -2.04. The summed E-state index contributed by atoms with van der Waals surface area (Å²) < 4.78 is 12.9. The first-order valence-corrected chi connectivity index (χ1v) is 11.4. The molecule has 0 atom stereocenters. The molecular weight excluding hydrogens is 417 g/mol. The van der Waals surface area contributed by atoms with Crippen molar-refractivity contribution in [2.24, 2.45) is 17.8 Å². The van der Waals surface area contributed by atoms with E-state index in [0.29, 0.717) is 11.8 Å². The average Bonchev–Trinajstić information content (AvgIpc) is 2.71. The van der Waals surface area contributed by atoms with Gasteiger partial charge in [0.2, 0.25) is 0 Å². The lowest BCUT2D eigenvalue weighted by atomic mass is 10.0. The van der Waals surface area contributed by atoms with Gasteiger partial charge in [0.05, 0.1) is 0 Å². The van der Waals surface area contributed by atoms with Crippen LogP contribution < -0.4 is 0 Å². The predicted molar refractivity (Wildman–Crippen MR) is 153 cm³/mol. The van der Waals surface area contributed by atoms with Gasteiger partial charge in [-0.25, -0.2) is 4.39 Å². The first-order chi connectivity index (χ1) is 14.8. The summed E-state index contributed by atoms with van der Waals surface area (Å²) in [4.78, 5) is 4.22. The molecule has 0 fully saturated rings. The molecule has 0 amide bonds. The summed E-state index contributed by atoms with van der Waals surface area (Å²) in [6.45, 7) is 13.1. The fourth-order valence-electron chi connectivity index (χ4n) is 3.13. The Balaban J connectivity index is -0.000000407. The zero-order valence-corrected chi connectivity index (χ0v) is 20.2. The van der Waals surface area contributed by atoms with Gasteiger partial charge in [-0.05, 0) is 66.3 Å². The van der Waals surface area contributed by atoms with Crippen LogP contribution in [0.15, 0.2) is 79.0 Å². The Hall–Kier alpha value is -2.48. The summed E-state index contributed by atoms with van der Waals surface area (Å²) in [6, 6.07) is 23.6. The van der Waals surface area contributed by atoms with Crippen molar-refractivity contribution in [2.45, 2.75) is 83.1 Å². The van der Waals surface area contributed by atoms with Crippen molar-refractivity contribution in [1.29, 1.82) is 0 Å². The van der Waals surface area contributed by atoms with Crippen LogP contribution in [0.5, 0.6) is 0 Å². The van der Waals surface area contributed by atoms with Crippen LogP contribution in [0.25, 0.3) is 0 Å². The molecule has 1 heterocycles. The van der Waals surface area contributed by atoms with Gasteiger partial charge in [-0.3, -0.25) is 4.98 Å². The van der Waals surface area contributed by atoms with Gasteiger partial charge in [-0.1, -0.05) is 118 Å². The largest absolute Gasteiger partial charge is 0.261 e. The number of benzene rings is 2. The summed E-state index contributed by atoms with van der Waals surface area (Å²) in [5.41, 5.74) is 3.46. The Morgan fingerprint density at radius 1 is 0.588 bits per heavy atom. The molecule has 3 aromatic rings. The molecule has 0 aliphatic rings. The van der Waals surface area contributed by atoms with E-state index in [9.17, 15) is 4.39 Å². The highest BCUT2D eigenvalue weighted by Crippen LogP contribution is 2.11. The minimum atomic E-state index is -0.0822. The van der Waals surface area contributed by atoms with Crippen molar-refractivity contribution in [3.05, 3.63) is 102 Å². The van der Waals surface area contributed by atoms with Crippen LogP contribution in [0.1, 0.15) is 80.6 Å². The molecule has 0 bridgehead atoms. The molecule has 0 radical (unpaired) electrons. The fourth-order valence-corrected chi connectivity index (χ4v) is 3.13. The standard InChI is InChI=1S/C10H13F.C10H14.C9H13N.3CH4/c1-8(2)7-9-5-3-4-6-10(9)11;1-9(2)8-10-6-4-3-5-7-10;1-8(2)7-9-5-3-4-6-10-9;;;/h3-6,8H,7H2,1-2H3;3-7,9H,8H2,1-2H3;3-6,8H,7H2,1-2H3;3*1H4. The van der Waals surface area contributed by atoms with Gasteiger partial charge in [0.25, 0.3) is 0 Å². The third-order valence-electron chi connectivity index (χ3n) is 4.42. The molecule has 0 aliphatic carbocycles. The minimum absolute atomic E-state index is 0. The second-order valence-corrected chi connectivity index (χ2v) is 9.19. The maximum absolute atomic E-state index is 12.9. The number of halogens is 1. The molecular formula is C32H52FN. The van der Waals surface area contributed by atoms with E-state index in [0.717, 1.165) is 24.3 Å². The van der Waals surface area contributed by atoms with Crippen LogP contribution in [0.2, 0.25) is 0 Å². The predicted octanol–water partition coefficient (Wildman–Crippen LogP) is 10.1. The topological polar surface area (TPSA) is 12.9 Å². The van der Waals surface area contributed by atoms with Gasteiger partial charge >= 0.3 is 0 Å². The number of nitrogens with zero attached hydrogens (tertiary/aromatic N) is 1. The Kier molecular flexibility index (Phi) is 22.4. The van der Waals surface area contributed by atoms with Crippen LogP contribution in [0.4, 0.5) is 4.39 Å². The van der Waals surface area contributed by atoms with Crippen LogP contribution in [0, 0.1) is 23.6 Å². The molecule has 1 aromatic heterocycles. The molecule has 1 nitrogen and oxygen atoms in total. The van der Waals surface area contributed by atoms with Gasteiger partial charge in [-0.15, -0.1) is 0 Å². The van der Waals surface area contributed by atoms with E-state index in [1.165, 1.54) is 23.7 Å². The normalized spacial score (nSPS) is 9.47. The molecule has 3 rings (SSSR count). The summed E-state index contributed by atoms with van der Waals surface area (Å²) in [5, 5.41) is 0. The number of hydrogen-bond donors (Lipinski definition) is 0. The van der Waals surface area contributed by atoms with E-state index in [1.807, 2.05) is 30.5 Å². The maximum Gasteiger partial charge on any atom is 0.126 e. The molecule has 34 heavy (non-hydrogen) atoms. The summed E-state index contributed by atoms with van der Waals surface area (Å²) >= 11 is 0. The van der Waals surface area contributed by atoms with Gasteiger partial charge in [0, 0.05) is 11.9 Å². The zero-order valence-electron chi connectivity index (χ0n) is 20.2. The van der Waals surface area contributed by atoms with E-state index >= 15 is 0 Å². The Labute approximate surface area is 211 Å². The van der Waals surface area contributed by atoms with Gasteiger partial charge in [-0.2, -0.15) is 0 Å². The third-order valence-corrected chi connectivity index (χ3v) is 4.42. The van der Waals surface area contributed by atoms with Crippen LogP contribution in [-0.4, -0.2) is 4.98 Å². The summed E-state index contributed by atoms with van der Waals surface area (Å²) in [7, 11) is 0. The molecule has 0 spiro atoms. The first-order valence-electron chi connectivity index (χ1n) is 11.4. The molecule has 2 heteroatoms. The monoisotopic (exact) mass is 469 g/mol. The van der Waals surface area contributed by atoms with Crippen molar-refractivity contribution >= 4 is 0 Å². The Morgan fingerprint density at radius 3 is 1.56 bits per heavy atom. The van der Waals surface area contributed by atoms with E-state index in [2.05, 4.69) is 82.9 Å². The highest BCUT2D eigenvalue weighted by Gasteiger charge is 2.01.